The van der Waals surface area contributed by atoms with E-state index in [2.05, 4.69) is 0 Å². The molecule has 0 aliphatic rings. The fourth-order valence-electron chi connectivity index (χ4n) is 1.36. The summed E-state index contributed by atoms with van der Waals surface area (Å²) in [5, 5.41) is 0. The summed E-state index contributed by atoms with van der Waals surface area (Å²) >= 11 is 0. The molecule has 1 aromatic rings. The van der Waals surface area contributed by atoms with Crippen molar-refractivity contribution in [1.29, 1.82) is 0 Å². The van der Waals surface area contributed by atoms with Crippen LogP contribution < -0.4 is 4.74 Å². The van der Waals surface area contributed by atoms with Crippen molar-refractivity contribution in [1.82, 2.24) is 0 Å². The zero-order chi connectivity index (χ0) is 12.1. The smallest absolute Gasteiger partial charge is 0.308 e. The van der Waals surface area contributed by atoms with Gasteiger partial charge >= 0.3 is 5.97 Å². The Hall–Kier alpha value is -1.64. The highest BCUT2D eigenvalue weighted by Crippen LogP contribution is 2.15. The lowest BCUT2D eigenvalue weighted by Gasteiger charge is -2.05. The van der Waals surface area contributed by atoms with Crippen LogP contribution in [0, 0.1) is 5.92 Å². The van der Waals surface area contributed by atoms with Gasteiger partial charge in [-0.25, -0.2) is 0 Å². The molecule has 86 valence electrons. The lowest BCUT2D eigenvalue weighted by molar-refractivity contribution is -0.131. The molecule has 0 bridgehead atoms. The van der Waals surface area contributed by atoms with Gasteiger partial charge in [-0.3, -0.25) is 9.59 Å². The average Bonchev–Trinajstić information content (AvgIpc) is 2.16. The molecule has 0 aromatic heterocycles. The van der Waals surface area contributed by atoms with Crippen LogP contribution >= 0.6 is 0 Å². The van der Waals surface area contributed by atoms with Gasteiger partial charge in [-0.2, -0.15) is 0 Å². The number of carbonyl (C=O) groups is 2. The van der Waals surface area contributed by atoms with Crippen molar-refractivity contribution < 1.29 is 14.3 Å². The lowest BCUT2D eigenvalue weighted by atomic mass is 10.0. The van der Waals surface area contributed by atoms with E-state index >= 15 is 0 Å². The van der Waals surface area contributed by atoms with Crippen LogP contribution in [0.15, 0.2) is 24.3 Å². The molecule has 0 aliphatic carbocycles. The van der Waals surface area contributed by atoms with E-state index in [1.807, 2.05) is 13.8 Å². The van der Waals surface area contributed by atoms with Crippen molar-refractivity contribution in [2.45, 2.75) is 27.2 Å². The third kappa shape index (κ3) is 3.85. The molecule has 0 aliphatic heterocycles. The molecule has 0 N–H and O–H groups in total. The predicted octanol–water partition coefficient (Wildman–Crippen LogP) is 2.84. The van der Waals surface area contributed by atoms with Crippen LogP contribution in [0.4, 0.5) is 0 Å². The first-order valence-electron chi connectivity index (χ1n) is 5.30. The van der Waals surface area contributed by atoms with E-state index in [0.29, 0.717) is 23.7 Å². The van der Waals surface area contributed by atoms with Crippen LogP contribution in [-0.2, 0) is 4.79 Å². The topological polar surface area (TPSA) is 43.4 Å². The normalized spacial score (nSPS) is 10.2. The van der Waals surface area contributed by atoms with E-state index in [4.69, 9.17) is 4.74 Å². The predicted molar refractivity (Wildman–Crippen MR) is 61.5 cm³/mol. The molecular formula is C13H16O3. The number of Topliss-reactive ketones (excluding diaryl/α,β-unsaturated/α-hetero) is 1. The summed E-state index contributed by atoms with van der Waals surface area (Å²) in [5.74, 6) is 0.569. The van der Waals surface area contributed by atoms with Crippen LogP contribution in [0.5, 0.6) is 5.75 Å². The van der Waals surface area contributed by atoms with Gasteiger partial charge in [-0.15, -0.1) is 0 Å². The van der Waals surface area contributed by atoms with Crippen LogP contribution in [0.25, 0.3) is 0 Å². The van der Waals surface area contributed by atoms with E-state index in [1.54, 1.807) is 24.3 Å². The number of benzene rings is 1. The second-order valence-electron chi connectivity index (χ2n) is 4.14. The van der Waals surface area contributed by atoms with Gasteiger partial charge in [0.1, 0.15) is 5.75 Å². The van der Waals surface area contributed by atoms with Gasteiger partial charge in [-0.05, 0) is 30.2 Å². The summed E-state index contributed by atoms with van der Waals surface area (Å²) in [7, 11) is 0. The summed E-state index contributed by atoms with van der Waals surface area (Å²) in [6.45, 7) is 5.36. The number of carbonyl (C=O) groups excluding carboxylic acids is 2. The Bertz CT molecular complexity index is 377. The van der Waals surface area contributed by atoms with E-state index < -0.39 is 0 Å². The summed E-state index contributed by atoms with van der Waals surface area (Å²) in [4.78, 5) is 22.4. The highest BCUT2D eigenvalue weighted by Gasteiger charge is 2.08. The maximum Gasteiger partial charge on any atom is 0.308 e. The molecule has 0 atom stereocenters. The number of ketones is 1. The number of hydrogen-bond donors (Lipinski definition) is 0. The molecule has 0 saturated heterocycles. The molecule has 0 heterocycles. The molecule has 1 aromatic carbocycles. The summed E-state index contributed by atoms with van der Waals surface area (Å²) in [6, 6.07) is 6.63. The van der Waals surface area contributed by atoms with Crippen LogP contribution in [0.2, 0.25) is 0 Å². The van der Waals surface area contributed by atoms with Crippen LogP contribution in [-0.4, -0.2) is 11.8 Å². The number of hydrogen-bond acceptors (Lipinski definition) is 3. The highest BCUT2D eigenvalue weighted by atomic mass is 16.5. The minimum atomic E-state index is -0.360. The molecule has 16 heavy (non-hydrogen) atoms. The molecule has 3 heteroatoms. The second-order valence-corrected chi connectivity index (χ2v) is 4.14. The molecule has 3 nitrogen and oxygen atoms in total. The fourth-order valence-corrected chi connectivity index (χ4v) is 1.36. The monoisotopic (exact) mass is 220 g/mol. The first kappa shape index (κ1) is 12.4. The minimum absolute atomic E-state index is 0.115. The van der Waals surface area contributed by atoms with E-state index in [1.165, 1.54) is 6.92 Å². The van der Waals surface area contributed by atoms with Gasteiger partial charge in [0, 0.05) is 18.9 Å². The summed E-state index contributed by atoms with van der Waals surface area (Å²) in [5.41, 5.74) is 0.657. The van der Waals surface area contributed by atoms with Gasteiger partial charge < -0.3 is 4.74 Å². The number of rotatable bonds is 4. The Morgan fingerprint density at radius 1 is 1.19 bits per heavy atom. The standard InChI is InChI=1S/C13H16O3/c1-9(2)8-13(15)11-4-6-12(7-5-11)16-10(3)14/h4-7,9H,8H2,1-3H3. The van der Waals surface area contributed by atoms with E-state index in [9.17, 15) is 9.59 Å². The first-order chi connectivity index (χ1) is 7.49. The zero-order valence-corrected chi connectivity index (χ0v) is 9.82. The maximum atomic E-state index is 11.7. The zero-order valence-electron chi connectivity index (χ0n) is 9.82. The summed E-state index contributed by atoms with van der Waals surface area (Å²) < 4.78 is 4.88. The van der Waals surface area contributed by atoms with Gasteiger partial charge in [0.25, 0.3) is 0 Å². The molecule has 1 rings (SSSR count). The molecular weight excluding hydrogens is 204 g/mol. The number of esters is 1. The molecule has 0 amide bonds. The third-order valence-corrected chi connectivity index (χ3v) is 2.03. The van der Waals surface area contributed by atoms with Crippen LogP contribution in [0.1, 0.15) is 37.6 Å². The Labute approximate surface area is 95.4 Å². The first-order valence-corrected chi connectivity index (χ1v) is 5.30. The molecule has 0 fully saturated rings. The molecule has 0 unspecified atom stereocenters. The lowest BCUT2D eigenvalue weighted by Crippen LogP contribution is -2.04. The second kappa shape index (κ2) is 5.45. The van der Waals surface area contributed by atoms with Crippen molar-refractivity contribution in [3.63, 3.8) is 0 Å². The van der Waals surface area contributed by atoms with E-state index in [0.717, 1.165) is 0 Å². The van der Waals surface area contributed by atoms with Gasteiger partial charge in [0.15, 0.2) is 5.78 Å². The van der Waals surface area contributed by atoms with Crippen molar-refractivity contribution >= 4 is 11.8 Å². The van der Waals surface area contributed by atoms with Gasteiger partial charge in [0.2, 0.25) is 0 Å². The SMILES string of the molecule is CC(=O)Oc1ccc(C(=O)CC(C)C)cc1. The summed E-state index contributed by atoms with van der Waals surface area (Å²) in [6.07, 6.45) is 0.535. The molecule has 0 spiro atoms. The largest absolute Gasteiger partial charge is 0.427 e. The van der Waals surface area contributed by atoms with Gasteiger partial charge in [0.05, 0.1) is 0 Å². The Morgan fingerprint density at radius 3 is 2.19 bits per heavy atom. The fraction of sp³-hybridized carbons (Fsp3) is 0.385. The van der Waals surface area contributed by atoms with Crippen molar-refractivity contribution in [3.8, 4) is 5.75 Å². The van der Waals surface area contributed by atoms with Crippen LogP contribution in [0.3, 0.4) is 0 Å². The van der Waals surface area contributed by atoms with Crippen molar-refractivity contribution in [3.05, 3.63) is 29.8 Å². The van der Waals surface area contributed by atoms with E-state index in [-0.39, 0.29) is 11.8 Å². The Balaban J connectivity index is 2.71. The Kier molecular flexibility index (Phi) is 4.23. The van der Waals surface area contributed by atoms with Crippen molar-refractivity contribution in [2.75, 3.05) is 0 Å². The minimum Gasteiger partial charge on any atom is -0.427 e. The Morgan fingerprint density at radius 2 is 1.75 bits per heavy atom. The maximum absolute atomic E-state index is 11.7. The molecule has 0 radical (unpaired) electrons. The third-order valence-electron chi connectivity index (χ3n) is 2.03. The quantitative estimate of drug-likeness (QED) is 0.445. The average molecular weight is 220 g/mol. The highest BCUT2D eigenvalue weighted by molar-refractivity contribution is 5.96. The number of ether oxygens (including phenoxy) is 1. The van der Waals surface area contributed by atoms with Gasteiger partial charge in [-0.1, -0.05) is 13.8 Å². The molecule has 0 saturated carbocycles. The van der Waals surface area contributed by atoms with Crippen molar-refractivity contribution in [2.24, 2.45) is 5.92 Å².